The predicted octanol–water partition coefficient (Wildman–Crippen LogP) is 0.443. The minimum Gasteiger partial charge on any atom is -0.409 e. The molecule has 0 aromatic heterocycles. The van der Waals surface area contributed by atoms with Crippen LogP contribution in [0, 0.1) is 5.41 Å². The molecule has 1 amide bonds. The van der Waals surface area contributed by atoms with Gasteiger partial charge in [0.25, 0.3) is 0 Å². The van der Waals surface area contributed by atoms with E-state index in [1.54, 1.807) is 21.0 Å². The molecule has 0 spiro atoms. The summed E-state index contributed by atoms with van der Waals surface area (Å²) in [6.07, 6.45) is 2.88. The second-order valence-corrected chi connectivity index (χ2v) is 4.95. The van der Waals surface area contributed by atoms with E-state index in [1.165, 1.54) is 0 Å². The van der Waals surface area contributed by atoms with Crippen LogP contribution in [0.2, 0.25) is 0 Å². The SMILES string of the molecule is COC1CCC(NC(=O)C(C)(C)C(N)=NO)C1. The number of ether oxygens (including phenoxy) is 1. The van der Waals surface area contributed by atoms with E-state index in [-0.39, 0.29) is 23.9 Å². The number of nitrogens with two attached hydrogens (primary N) is 1. The summed E-state index contributed by atoms with van der Waals surface area (Å²) < 4.78 is 5.24. The van der Waals surface area contributed by atoms with Gasteiger partial charge in [-0.3, -0.25) is 4.79 Å². The van der Waals surface area contributed by atoms with Crippen LogP contribution in [-0.4, -0.2) is 36.2 Å². The fourth-order valence-electron chi connectivity index (χ4n) is 1.89. The first-order chi connectivity index (χ1) is 7.91. The quantitative estimate of drug-likeness (QED) is 0.289. The lowest BCUT2D eigenvalue weighted by molar-refractivity contribution is -0.127. The van der Waals surface area contributed by atoms with Gasteiger partial charge in [-0.1, -0.05) is 5.16 Å². The molecule has 6 heteroatoms. The average Bonchev–Trinajstić information content (AvgIpc) is 2.75. The normalized spacial score (nSPS) is 25.9. The van der Waals surface area contributed by atoms with Gasteiger partial charge in [-0.2, -0.15) is 0 Å². The molecule has 0 heterocycles. The van der Waals surface area contributed by atoms with Crippen LogP contribution in [0.5, 0.6) is 0 Å². The molecule has 1 aliphatic rings. The van der Waals surface area contributed by atoms with E-state index >= 15 is 0 Å². The number of rotatable bonds is 4. The first-order valence-electron chi connectivity index (χ1n) is 5.73. The van der Waals surface area contributed by atoms with Gasteiger partial charge in [-0.15, -0.1) is 0 Å². The van der Waals surface area contributed by atoms with E-state index in [2.05, 4.69) is 10.5 Å². The first kappa shape index (κ1) is 13.8. The van der Waals surface area contributed by atoms with Crippen LogP contribution < -0.4 is 11.1 Å². The minimum atomic E-state index is -1.00. The molecule has 1 rings (SSSR count). The Bertz CT molecular complexity index is 315. The summed E-state index contributed by atoms with van der Waals surface area (Å²) in [6.45, 7) is 3.25. The molecule has 0 radical (unpaired) electrons. The maximum Gasteiger partial charge on any atom is 0.233 e. The van der Waals surface area contributed by atoms with Gasteiger partial charge >= 0.3 is 0 Å². The van der Waals surface area contributed by atoms with Crippen molar-refractivity contribution in [1.29, 1.82) is 0 Å². The van der Waals surface area contributed by atoms with E-state index in [4.69, 9.17) is 15.7 Å². The van der Waals surface area contributed by atoms with Crippen LogP contribution in [-0.2, 0) is 9.53 Å². The standard InChI is InChI=1S/C11H21N3O3/c1-11(2,9(12)14-16)10(15)13-7-4-5-8(6-7)17-3/h7-8,16H,4-6H2,1-3H3,(H2,12,14)(H,13,15). The summed E-state index contributed by atoms with van der Waals surface area (Å²) in [6, 6.07) is 0.109. The number of amides is 1. The van der Waals surface area contributed by atoms with Gasteiger partial charge in [0.05, 0.1) is 6.10 Å². The number of nitrogens with one attached hydrogen (secondary N) is 1. The summed E-state index contributed by atoms with van der Waals surface area (Å²) in [5, 5.41) is 14.4. The van der Waals surface area contributed by atoms with Crippen molar-refractivity contribution in [2.24, 2.45) is 16.3 Å². The Balaban J connectivity index is 2.55. The van der Waals surface area contributed by atoms with E-state index in [0.717, 1.165) is 19.3 Å². The molecule has 4 N–H and O–H groups in total. The van der Waals surface area contributed by atoms with Crippen LogP contribution in [0.3, 0.4) is 0 Å². The van der Waals surface area contributed by atoms with Crippen LogP contribution in [0.1, 0.15) is 33.1 Å². The minimum absolute atomic E-state index is 0.0868. The van der Waals surface area contributed by atoms with Crippen LogP contribution >= 0.6 is 0 Å². The zero-order valence-corrected chi connectivity index (χ0v) is 10.6. The highest BCUT2D eigenvalue weighted by molar-refractivity contribution is 6.05. The molecule has 98 valence electrons. The summed E-state index contributed by atoms with van der Waals surface area (Å²) in [4.78, 5) is 12.0. The van der Waals surface area contributed by atoms with Crippen molar-refractivity contribution in [2.45, 2.75) is 45.3 Å². The van der Waals surface area contributed by atoms with Gasteiger partial charge < -0.3 is 21.0 Å². The molecule has 2 unspecified atom stereocenters. The zero-order chi connectivity index (χ0) is 13.1. The van der Waals surface area contributed by atoms with Crippen molar-refractivity contribution in [3.8, 4) is 0 Å². The highest BCUT2D eigenvalue weighted by atomic mass is 16.5. The molecule has 6 nitrogen and oxygen atoms in total. The first-order valence-corrected chi connectivity index (χ1v) is 5.73. The molecule has 0 bridgehead atoms. The van der Waals surface area contributed by atoms with E-state index < -0.39 is 5.41 Å². The number of hydrogen-bond acceptors (Lipinski definition) is 4. The third kappa shape index (κ3) is 3.09. The van der Waals surface area contributed by atoms with Crippen molar-refractivity contribution in [1.82, 2.24) is 5.32 Å². The highest BCUT2D eigenvalue weighted by Gasteiger charge is 2.35. The van der Waals surface area contributed by atoms with Crippen molar-refractivity contribution < 1.29 is 14.7 Å². The van der Waals surface area contributed by atoms with Crippen LogP contribution in [0.15, 0.2) is 5.16 Å². The number of nitrogens with zero attached hydrogens (tertiary/aromatic N) is 1. The fourth-order valence-corrected chi connectivity index (χ4v) is 1.89. The lowest BCUT2D eigenvalue weighted by Gasteiger charge is -2.24. The number of hydrogen-bond donors (Lipinski definition) is 3. The third-order valence-corrected chi connectivity index (χ3v) is 3.37. The number of amidine groups is 1. The van der Waals surface area contributed by atoms with Crippen molar-refractivity contribution >= 4 is 11.7 Å². The largest absolute Gasteiger partial charge is 0.409 e. The van der Waals surface area contributed by atoms with Crippen molar-refractivity contribution in [2.75, 3.05) is 7.11 Å². The van der Waals surface area contributed by atoms with Gasteiger partial charge in [0.1, 0.15) is 5.41 Å². The van der Waals surface area contributed by atoms with E-state index in [0.29, 0.717) is 0 Å². The summed E-state index contributed by atoms with van der Waals surface area (Å²) in [5.41, 5.74) is 4.49. The summed E-state index contributed by atoms with van der Waals surface area (Å²) in [7, 11) is 1.68. The Morgan fingerprint density at radius 2 is 2.18 bits per heavy atom. The average molecular weight is 243 g/mol. The molecule has 0 saturated heterocycles. The molecule has 1 aliphatic carbocycles. The van der Waals surface area contributed by atoms with Gasteiger partial charge in [0.2, 0.25) is 5.91 Å². The molecular weight excluding hydrogens is 222 g/mol. The zero-order valence-electron chi connectivity index (χ0n) is 10.6. The molecule has 17 heavy (non-hydrogen) atoms. The van der Waals surface area contributed by atoms with Gasteiger partial charge in [0.15, 0.2) is 5.84 Å². The highest BCUT2D eigenvalue weighted by Crippen LogP contribution is 2.23. The lowest BCUT2D eigenvalue weighted by Crippen LogP contribution is -2.48. The molecule has 0 aliphatic heterocycles. The molecule has 2 atom stereocenters. The van der Waals surface area contributed by atoms with E-state index in [1.807, 2.05) is 0 Å². The number of carbonyl (C=O) groups excluding carboxylic acids is 1. The second kappa shape index (κ2) is 5.35. The lowest BCUT2D eigenvalue weighted by atomic mass is 9.90. The van der Waals surface area contributed by atoms with Gasteiger partial charge in [-0.05, 0) is 33.1 Å². The number of carbonyl (C=O) groups is 1. The van der Waals surface area contributed by atoms with Crippen LogP contribution in [0.4, 0.5) is 0 Å². The molecule has 1 fully saturated rings. The maximum absolute atomic E-state index is 12.0. The summed E-state index contributed by atoms with van der Waals surface area (Å²) >= 11 is 0. The Hall–Kier alpha value is -1.30. The molecule has 0 aromatic carbocycles. The monoisotopic (exact) mass is 243 g/mol. The Labute approximate surface area is 101 Å². The van der Waals surface area contributed by atoms with Crippen molar-refractivity contribution in [3.63, 3.8) is 0 Å². The third-order valence-electron chi connectivity index (χ3n) is 3.37. The summed E-state index contributed by atoms with van der Waals surface area (Å²) in [5.74, 6) is -0.314. The Kier molecular flexibility index (Phi) is 4.34. The Morgan fingerprint density at radius 1 is 1.53 bits per heavy atom. The number of oxime groups is 1. The second-order valence-electron chi connectivity index (χ2n) is 4.95. The molecule has 1 saturated carbocycles. The fraction of sp³-hybridized carbons (Fsp3) is 0.818. The van der Waals surface area contributed by atoms with Gasteiger partial charge in [0, 0.05) is 13.2 Å². The number of methoxy groups -OCH3 is 1. The van der Waals surface area contributed by atoms with Crippen molar-refractivity contribution in [3.05, 3.63) is 0 Å². The molecular formula is C11H21N3O3. The topological polar surface area (TPSA) is 96.9 Å². The maximum atomic E-state index is 12.0. The van der Waals surface area contributed by atoms with E-state index in [9.17, 15) is 4.79 Å². The smallest absolute Gasteiger partial charge is 0.233 e. The predicted molar refractivity (Wildman–Crippen MR) is 63.8 cm³/mol. The molecule has 0 aromatic rings. The van der Waals surface area contributed by atoms with Gasteiger partial charge in [-0.25, -0.2) is 0 Å². The Morgan fingerprint density at radius 3 is 2.65 bits per heavy atom. The van der Waals surface area contributed by atoms with Crippen LogP contribution in [0.25, 0.3) is 0 Å².